The van der Waals surface area contributed by atoms with Crippen LogP contribution in [0.25, 0.3) is 0 Å². The van der Waals surface area contributed by atoms with Crippen molar-refractivity contribution in [3.8, 4) is 5.75 Å². The topological polar surface area (TPSA) is 108 Å². The summed E-state index contributed by atoms with van der Waals surface area (Å²) in [6, 6.07) is 6.47. The number of ether oxygens (including phenoxy) is 2. The molecule has 0 atom stereocenters. The minimum atomic E-state index is -0.789. The van der Waals surface area contributed by atoms with E-state index in [4.69, 9.17) is 16.3 Å². The molecule has 0 aliphatic carbocycles. The number of carbonyl (C=O) groups excluding carboxylic acids is 2. The van der Waals surface area contributed by atoms with E-state index in [1.807, 2.05) is 0 Å². The van der Waals surface area contributed by atoms with E-state index in [0.29, 0.717) is 22.0 Å². The normalized spacial score (nSPS) is 10.2. The van der Waals surface area contributed by atoms with E-state index in [1.165, 1.54) is 13.2 Å². The second-order valence-corrected chi connectivity index (χ2v) is 5.68. The number of nitro groups is 1. The van der Waals surface area contributed by atoms with Crippen LogP contribution in [0, 0.1) is 17.0 Å². The highest BCUT2D eigenvalue weighted by Crippen LogP contribution is 2.31. The second-order valence-electron chi connectivity index (χ2n) is 5.27. The maximum Gasteiger partial charge on any atom is 0.338 e. The summed E-state index contributed by atoms with van der Waals surface area (Å²) in [5, 5.41) is 14.1. The van der Waals surface area contributed by atoms with Crippen LogP contribution >= 0.6 is 11.6 Å². The van der Waals surface area contributed by atoms with E-state index in [2.05, 4.69) is 10.1 Å². The Labute approximate surface area is 153 Å². The predicted octanol–water partition coefficient (Wildman–Crippen LogP) is 3.60. The van der Waals surface area contributed by atoms with Gasteiger partial charge in [0.2, 0.25) is 0 Å². The van der Waals surface area contributed by atoms with Crippen molar-refractivity contribution in [3.05, 3.63) is 62.2 Å². The average molecular weight is 379 g/mol. The molecule has 2 rings (SSSR count). The molecule has 0 spiro atoms. The molecule has 0 bridgehead atoms. The van der Waals surface area contributed by atoms with Gasteiger partial charge in [0.25, 0.3) is 11.6 Å². The SMILES string of the molecule is COC(=O)c1cc(C(=O)Nc2cc(C)c(Cl)cc2OC)cc([N+](=O)[O-])c1. The number of nitrogens with zero attached hydrogens (tertiary/aromatic N) is 1. The Morgan fingerprint density at radius 2 is 1.77 bits per heavy atom. The largest absolute Gasteiger partial charge is 0.495 e. The number of nitrogens with one attached hydrogen (secondary N) is 1. The summed E-state index contributed by atoms with van der Waals surface area (Å²) >= 11 is 6.03. The lowest BCUT2D eigenvalue weighted by atomic mass is 10.1. The van der Waals surface area contributed by atoms with Gasteiger partial charge in [-0.3, -0.25) is 14.9 Å². The first-order valence-electron chi connectivity index (χ1n) is 7.30. The van der Waals surface area contributed by atoms with Gasteiger partial charge in [-0.2, -0.15) is 0 Å². The zero-order valence-electron chi connectivity index (χ0n) is 14.2. The predicted molar refractivity (Wildman–Crippen MR) is 95.1 cm³/mol. The van der Waals surface area contributed by atoms with E-state index in [0.717, 1.165) is 19.2 Å². The van der Waals surface area contributed by atoms with Crippen molar-refractivity contribution in [3.63, 3.8) is 0 Å². The highest BCUT2D eigenvalue weighted by molar-refractivity contribution is 6.31. The van der Waals surface area contributed by atoms with Gasteiger partial charge in [-0.1, -0.05) is 11.6 Å². The molecule has 8 nitrogen and oxygen atoms in total. The molecule has 0 fully saturated rings. The van der Waals surface area contributed by atoms with E-state index in [-0.39, 0.29) is 11.1 Å². The first-order valence-corrected chi connectivity index (χ1v) is 7.68. The molecule has 9 heteroatoms. The third kappa shape index (κ3) is 4.09. The minimum absolute atomic E-state index is 0.0748. The summed E-state index contributed by atoms with van der Waals surface area (Å²) in [5.41, 5.74) is 0.459. The van der Waals surface area contributed by atoms with E-state index >= 15 is 0 Å². The average Bonchev–Trinajstić information content (AvgIpc) is 2.63. The lowest BCUT2D eigenvalue weighted by Crippen LogP contribution is -2.14. The van der Waals surface area contributed by atoms with Crippen molar-refractivity contribution >= 4 is 34.9 Å². The number of rotatable bonds is 5. The molecule has 136 valence electrons. The number of aryl methyl sites for hydroxylation is 1. The molecule has 2 aromatic rings. The van der Waals surface area contributed by atoms with Crippen LogP contribution in [0.1, 0.15) is 26.3 Å². The number of methoxy groups -OCH3 is 2. The van der Waals surface area contributed by atoms with Gasteiger partial charge in [0.1, 0.15) is 5.75 Å². The van der Waals surface area contributed by atoms with Gasteiger partial charge < -0.3 is 14.8 Å². The number of nitro benzene ring substituents is 1. The van der Waals surface area contributed by atoms with Gasteiger partial charge in [-0.05, 0) is 24.6 Å². The van der Waals surface area contributed by atoms with Crippen LogP contribution in [0.15, 0.2) is 30.3 Å². The molecular formula is C17H15ClN2O6. The molecule has 1 amide bonds. The monoisotopic (exact) mass is 378 g/mol. The van der Waals surface area contributed by atoms with Crippen molar-refractivity contribution in [2.75, 3.05) is 19.5 Å². The Morgan fingerprint density at radius 1 is 1.12 bits per heavy atom. The highest BCUT2D eigenvalue weighted by atomic mass is 35.5. The molecule has 0 radical (unpaired) electrons. The first-order chi connectivity index (χ1) is 12.3. The fourth-order valence-electron chi connectivity index (χ4n) is 2.21. The van der Waals surface area contributed by atoms with Crippen LogP contribution < -0.4 is 10.1 Å². The van der Waals surface area contributed by atoms with Gasteiger partial charge in [0, 0.05) is 28.8 Å². The standard InChI is InChI=1S/C17H15ClN2O6/c1-9-4-14(15(25-2)8-13(9)18)19-16(21)10-5-11(17(22)26-3)7-12(6-10)20(23)24/h4-8H,1-3H3,(H,19,21). The summed E-state index contributed by atoms with van der Waals surface area (Å²) < 4.78 is 9.74. The zero-order chi connectivity index (χ0) is 19.4. The lowest BCUT2D eigenvalue weighted by Gasteiger charge is -2.12. The summed E-state index contributed by atoms with van der Waals surface area (Å²) in [5.74, 6) is -1.12. The maximum absolute atomic E-state index is 12.5. The molecule has 0 aliphatic heterocycles. The van der Waals surface area contributed by atoms with Crippen molar-refractivity contribution in [1.29, 1.82) is 0 Å². The molecule has 0 aliphatic rings. The molecule has 2 aromatic carbocycles. The van der Waals surface area contributed by atoms with Gasteiger partial charge in [0.15, 0.2) is 0 Å². The quantitative estimate of drug-likeness (QED) is 0.483. The van der Waals surface area contributed by atoms with Crippen LogP contribution in [0.4, 0.5) is 11.4 Å². The lowest BCUT2D eigenvalue weighted by molar-refractivity contribution is -0.384. The van der Waals surface area contributed by atoms with Crippen LogP contribution in [0.2, 0.25) is 5.02 Å². The molecule has 0 saturated heterocycles. The van der Waals surface area contributed by atoms with Crippen molar-refractivity contribution in [1.82, 2.24) is 0 Å². The molecule has 0 heterocycles. The van der Waals surface area contributed by atoms with Gasteiger partial charge >= 0.3 is 5.97 Å². The van der Waals surface area contributed by atoms with Crippen LogP contribution in [-0.2, 0) is 4.74 Å². The minimum Gasteiger partial charge on any atom is -0.495 e. The number of amides is 1. The molecular weight excluding hydrogens is 364 g/mol. The Morgan fingerprint density at radius 3 is 2.35 bits per heavy atom. The number of esters is 1. The zero-order valence-corrected chi connectivity index (χ0v) is 14.9. The molecule has 1 N–H and O–H groups in total. The fourth-order valence-corrected chi connectivity index (χ4v) is 2.36. The fraction of sp³-hybridized carbons (Fsp3) is 0.176. The highest BCUT2D eigenvalue weighted by Gasteiger charge is 2.19. The molecule has 0 saturated carbocycles. The van der Waals surface area contributed by atoms with Crippen molar-refractivity contribution < 1.29 is 24.0 Å². The third-order valence-electron chi connectivity index (χ3n) is 3.54. The Bertz CT molecular complexity index is 897. The number of hydrogen-bond acceptors (Lipinski definition) is 6. The number of carbonyl (C=O) groups is 2. The number of hydrogen-bond donors (Lipinski definition) is 1. The third-order valence-corrected chi connectivity index (χ3v) is 3.95. The maximum atomic E-state index is 12.5. The Balaban J connectivity index is 2.44. The number of halogens is 1. The van der Waals surface area contributed by atoms with Crippen LogP contribution in [-0.4, -0.2) is 31.0 Å². The van der Waals surface area contributed by atoms with Gasteiger partial charge in [-0.25, -0.2) is 4.79 Å². The van der Waals surface area contributed by atoms with E-state index in [1.54, 1.807) is 19.1 Å². The molecule has 0 unspecified atom stereocenters. The van der Waals surface area contributed by atoms with Crippen LogP contribution in [0.3, 0.4) is 0 Å². The molecule has 0 aromatic heterocycles. The van der Waals surface area contributed by atoms with Gasteiger partial charge in [-0.15, -0.1) is 0 Å². The smallest absolute Gasteiger partial charge is 0.338 e. The summed E-state index contributed by atoms with van der Waals surface area (Å²) in [7, 11) is 2.56. The molecule has 26 heavy (non-hydrogen) atoms. The van der Waals surface area contributed by atoms with Crippen molar-refractivity contribution in [2.24, 2.45) is 0 Å². The van der Waals surface area contributed by atoms with E-state index in [9.17, 15) is 19.7 Å². The Hall–Kier alpha value is -3.13. The van der Waals surface area contributed by atoms with E-state index < -0.39 is 22.5 Å². The Kier molecular flexibility index (Phi) is 5.78. The van der Waals surface area contributed by atoms with Gasteiger partial charge in [0.05, 0.1) is 30.4 Å². The number of non-ortho nitro benzene ring substituents is 1. The summed E-state index contributed by atoms with van der Waals surface area (Å²) in [6.45, 7) is 1.75. The summed E-state index contributed by atoms with van der Waals surface area (Å²) in [6.07, 6.45) is 0. The second kappa shape index (κ2) is 7.83. The number of benzene rings is 2. The first kappa shape index (κ1) is 19.2. The summed E-state index contributed by atoms with van der Waals surface area (Å²) in [4.78, 5) is 34.6. The van der Waals surface area contributed by atoms with Crippen molar-refractivity contribution in [2.45, 2.75) is 6.92 Å². The van der Waals surface area contributed by atoms with Crippen LogP contribution in [0.5, 0.6) is 5.75 Å². The number of anilines is 1.